The van der Waals surface area contributed by atoms with E-state index < -0.39 is 12.1 Å². The van der Waals surface area contributed by atoms with Crippen molar-refractivity contribution in [3.63, 3.8) is 0 Å². The van der Waals surface area contributed by atoms with Crippen LogP contribution in [0.3, 0.4) is 0 Å². The van der Waals surface area contributed by atoms with Gasteiger partial charge in [0.1, 0.15) is 13.2 Å². The number of carbonyl (C=O) groups is 3. The maximum atomic E-state index is 12.2. The third-order valence-corrected chi connectivity index (χ3v) is 5.85. The Morgan fingerprint density at radius 3 is 2.21 bits per heavy atom. The molecule has 7 nitrogen and oxygen atoms in total. The fourth-order valence-electron chi connectivity index (χ4n) is 4.30. The van der Waals surface area contributed by atoms with Gasteiger partial charge in [-0.05, 0) is 41.5 Å². The number of alkyl carbamates (subject to hydrolysis) is 1. The molecule has 1 aliphatic rings. The molecule has 0 unspecified atom stereocenters. The van der Waals surface area contributed by atoms with Crippen molar-refractivity contribution in [1.82, 2.24) is 10.2 Å². The van der Waals surface area contributed by atoms with Crippen molar-refractivity contribution in [2.75, 3.05) is 26.2 Å². The summed E-state index contributed by atoms with van der Waals surface area (Å²) < 4.78 is 5.51. The van der Waals surface area contributed by atoms with Gasteiger partial charge in [0.25, 0.3) is 0 Å². The highest BCUT2D eigenvalue weighted by Gasteiger charge is 2.28. The number of carboxylic acid groups (broad SMARTS) is 1. The van der Waals surface area contributed by atoms with Gasteiger partial charge in [-0.25, -0.2) is 4.79 Å². The average Bonchev–Trinajstić information content (AvgIpc) is 3.13. The van der Waals surface area contributed by atoms with Crippen LogP contribution in [-0.2, 0) is 14.3 Å². The minimum Gasteiger partial charge on any atom is -0.480 e. The summed E-state index contributed by atoms with van der Waals surface area (Å²) in [7, 11) is 0. The van der Waals surface area contributed by atoms with E-state index in [9.17, 15) is 14.4 Å². The molecule has 2 aromatic rings. The summed E-state index contributed by atoms with van der Waals surface area (Å²) in [5, 5.41) is 11.7. The molecule has 0 saturated heterocycles. The number of fused-ring (bicyclic) bond motifs is 3. The molecule has 2 amide bonds. The minimum absolute atomic E-state index is 0.0334. The first kappa shape index (κ1) is 24.3. The lowest BCUT2D eigenvalue weighted by molar-refractivity contribution is -0.144. The van der Waals surface area contributed by atoms with Crippen molar-refractivity contribution in [1.29, 1.82) is 0 Å². The van der Waals surface area contributed by atoms with Gasteiger partial charge in [-0.1, -0.05) is 61.9 Å². The van der Waals surface area contributed by atoms with Crippen molar-refractivity contribution in [3.05, 3.63) is 59.7 Å². The zero-order valence-electron chi connectivity index (χ0n) is 19.1. The lowest BCUT2D eigenvalue weighted by Crippen LogP contribution is -2.36. The van der Waals surface area contributed by atoms with Crippen LogP contribution in [-0.4, -0.2) is 54.2 Å². The molecule has 0 saturated carbocycles. The molecule has 3 rings (SSSR count). The SMILES string of the molecule is CCCN(CC(=O)O)C(=O)CCCCCNC(=O)OCC1c2ccccc2-c2ccccc21. The minimum atomic E-state index is -0.996. The number of unbranched alkanes of at least 4 members (excludes halogenated alkanes) is 2. The van der Waals surface area contributed by atoms with E-state index in [4.69, 9.17) is 9.84 Å². The summed E-state index contributed by atoms with van der Waals surface area (Å²) in [4.78, 5) is 36.6. The molecule has 0 aromatic heterocycles. The van der Waals surface area contributed by atoms with Crippen LogP contribution in [0.1, 0.15) is 56.1 Å². The number of carboxylic acids is 1. The van der Waals surface area contributed by atoms with Gasteiger partial charge in [-0.3, -0.25) is 9.59 Å². The Labute approximate surface area is 194 Å². The second-order valence-corrected chi connectivity index (χ2v) is 8.27. The Balaban J connectivity index is 1.36. The van der Waals surface area contributed by atoms with Gasteiger partial charge in [0.2, 0.25) is 5.91 Å². The first-order chi connectivity index (χ1) is 16.0. The molecule has 0 bridgehead atoms. The monoisotopic (exact) mass is 452 g/mol. The molecular formula is C26H32N2O5. The predicted octanol–water partition coefficient (Wildman–Crippen LogP) is 4.41. The van der Waals surface area contributed by atoms with Crippen molar-refractivity contribution in [2.24, 2.45) is 0 Å². The molecule has 0 atom stereocenters. The zero-order valence-corrected chi connectivity index (χ0v) is 19.1. The van der Waals surface area contributed by atoms with Crippen molar-refractivity contribution in [2.45, 2.75) is 44.9 Å². The van der Waals surface area contributed by atoms with Crippen LogP contribution in [0.15, 0.2) is 48.5 Å². The van der Waals surface area contributed by atoms with Crippen LogP contribution in [0.25, 0.3) is 11.1 Å². The van der Waals surface area contributed by atoms with Crippen molar-refractivity contribution < 1.29 is 24.2 Å². The largest absolute Gasteiger partial charge is 0.480 e. The van der Waals surface area contributed by atoms with Crippen LogP contribution < -0.4 is 5.32 Å². The number of benzene rings is 2. The number of nitrogens with one attached hydrogen (secondary N) is 1. The molecule has 33 heavy (non-hydrogen) atoms. The molecule has 176 valence electrons. The Kier molecular flexibility index (Phi) is 8.87. The third kappa shape index (κ3) is 6.57. The van der Waals surface area contributed by atoms with Gasteiger partial charge in [0, 0.05) is 25.4 Å². The van der Waals surface area contributed by atoms with Gasteiger partial charge in [-0.2, -0.15) is 0 Å². The zero-order chi connectivity index (χ0) is 23.6. The number of rotatable bonds is 12. The molecule has 0 heterocycles. The number of carbonyl (C=O) groups excluding carboxylic acids is 2. The van der Waals surface area contributed by atoms with E-state index in [1.54, 1.807) is 0 Å². The summed E-state index contributed by atoms with van der Waals surface area (Å²) in [6.45, 7) is 2.87. The Morgan fingerprint density at radius 1 is 0.970 bits per heavy atom. The van der Waals surface area contributed by atoms with Crippen LogP contribution in [0.5, 0.6) is 0 Å². The standard InChI is InChI=1S/C26H32N2O5/c1-2-16-28(17-25(30)31)24(29)14-4-3-9-15-27-26(32)33-18-23-21-12-7-5-10-19(21)20-11-6-8-13-22(20)23/h5-8,10-13,23H,2-4,9,14-18H2,1H3,(H,27,32)(H,30,31). The summed E-state index contributed by atoms with van der Waals surface area (Å²) in [6, 6.07) is 16.4. The van der Waals surface area contributed by atoms with Gasteiger partial charge in [-0.15, -0.1) is 0 Å². The van der Waals surface area contributed by atoms with Gasteiger partial charge >= 0.3 is 12.1 Å². The molecule has 7 heteroatoms. The van der Waals surface area contributed by atoms with E-state index >= 15 is 0 Å². The maximum absolute atomic E-state index is 12.2. The van der Waals surface area contributed by atoms with E-state index in [1.807, 2.05) is 31.2 Å². The number of aliphatic carboxylic acids is 1. The van der Waals surface area contributed by atoms with E-state index in [2.05, 4.69) is 29.6 Å². The smallest absolute Gasteiger partial charge is 0.407 e. The number of hydrogen-bond acceptors (Lipinski definition) is 4. The summed E-state index contributed by atoms with van der Waals surface area (Å²) in [5.74, 6) is -1.10. The van der Waals surface area contributed by atoms with Gasteiger partial charge in [0.05, 0.1) is 0 Å². The van der Waals surface area contributed by atoms with E-state index in [-0.39, 0.29) is 25.0 Å². The average molecular weight is 453 g/mol. The second-order valence-electron chi connectivity index (χ2n) is 8.27. The molecule has 0 aliphatic heterocycles. The Bertz CT molecular complexity index is 929. The van der Waals surface area contributed by atoms with E-state index in [0.29, 0.717) is 25.9 Å². The Morgan fingerprint density at radius 2 is 1.61 bits per heavy atom. The van der Waals surface area contributed by atoms with Crippen LogP contribution in [0, 0.1) is 0 Å². The predicted molar refractivity (Wildman–Crippen MR) is 126 cm³/mol. The topological polar surface area (TPSA) is 95.9 Å². The highest BCUT2D eigenvalue weighted by molar-refractivity contribution is 5.81. The van der Waals surface area contributed by atoms with Crippen LogP contribution in [0.4, 0.5) is 4.79 Å². The maximum Gasteiger partial charge on any atom is 0.407 e. The van der Waals surface area contributed by atoms with E-state index in [0.717, 1.165) is 19.3 Å². The van der Waals surface area contributed by atoms with Gasteiger partial charge < -0.3 is 20.1 Å². The lowest BCUT2D eigenvalue weighted by Gasteiger charge is -2.19. The van der Waals surface area contributed by atoms with Crippen molar-refractivity contribution >= 4 is 18.0 Å². The molecule has 0 spiro atoms. The number of nitrogens with zero attached hydrogens (tertiary/aromatic N) is 1. The molecule has 1 aliphatic carbocycles. The molecule has 2 aromatic carbocycles. The molecular weight excluding hydrogens is 420 g/mol. The van der Waals surface area contributed by atoms with Crippen molar-refractivity contribution in [3.8, 4) is 11.1 Å². The highest BCUT2D eigenvalue weighted by Crippen LogP contribution is 2.44. The number of amides is 2. The second kappa shape index (κ2) is 12.0. The number of ether oxygens (including phenoxy) is 1. The van der Waals surface area contributed by atoms with Gasteiger partial charge in [0.15, 0.2) is 0 Å². The fraction of sp³-hybridized carbons (Fsp3) is 0.423. The summed E-state index contributed by atoms with van der Waals surface area (Å²) in [5.41, 5.74) is 4.74. The highest BCUT2D eigenvalue weighted by atomic mass is 16.5. The molecule has 0 radical (unpaired) electrons. The Hall–Kier alpha value is -3.35. The summed E-state index contributed by atoms with van der Waals surface area (Å²) >= 11 is 0. The number of hydrogen-bond donors (Lipinski definition) is 2. The summed E-state index contributed by atoms with van der Waals surface area (Å²) in [6.07, 6.45) is 2.75. The van der Waals surface area contributed by atoms with Crippen LogP contribution >= 0.6 is 0 Å². The van der Waals surface area contributed by atoms with E-state index in [1.165, 1.54) is 27.2 Å². The first-order valence-corrected chi connectivity index (χ1v) is 11.6. The quantitative estimate of drug-likeness (QED) is 0.465. The van der Waals surface area contributed by atoms with Crippen LogP contribution in [0.2, 0.25) is 0 Å². The molecule has 0 fully saturated rings. The lowest BCUT2D eigenvalue weighted by atomic mass is 9.98. The normalized spacial score (nSPS) is 12.0. The fourth-order valence-corrected chi connectivity index (χ4v) is 4.30. The first-order valence-electron chi connectivity index (χ1n) is 11.6. The third-order valence-electron chi connectivity index (χ3n) is 5.85. The molecule has 2 N–H and O–H groups in total.